The average Bonchev–Trinajstić information content (AvgIpc) is 2.45. The van der Waals surface area contributed by atoms with Gasteiger partial charge >= 0.3 is 0 Å². The van der Waals surface area contributed by atoms with Crippen molar-refractivity contribution in [2.24, 2.45) is 0 Å². The Balaban J connectivity index is 3.35. The van der Waals surface area contributed by atoms with Crippen LogP contribution in [0.5, 0.6) is 0 Å². The van der Waals surface area contributed by atoms with Crippen molar-refractivity contribution in [1.29, 1.82) is 0 Å². The molecule has 0 saturated carbocycles. The number of carboxylic acid groups (broad SMARTS) is 1. The van der Waals surface area contributed by atoms with E-state index in [-0.39, 0.29) is 6.42 Å². The highest BCUT2D eigenvalue weighted by molar-refractivity contribution is 7.80. The van der Waals surface area contributed by atoms with E-state index in [4.69, 9.17) is 0 Å². The van der Waals surface area contributed by atoms with Gasteiger partial charge in [-0.15, -0.1) is 0 Å². The molecule has 0 saturated heterocycles. The molecule has 0 unspecified atom stereocenters. The van der Waals surface area contributed by atoms with Crippen LogP contribution in [0, 0.1) is 0 Å². The first-order valence-electron chi connectivity index (χ1n) is 9.10. The number of thiol groups is 1. The third-order valence-corrected chi connectivity index (χ3v) is 4.63. The second kappa shape index (κ2) is 14.4. The van der Waals surface area contributed by atoms with E-state index in [2.05, 4.69) is 26.7 Å². The summed E-state index contributed by atoms with van der Waals surface area (Å²) in [7, 11) is 4.50. The van der Waals surface area contributed by atoms with Crippen LogP contribution in [0.1, 0.15) is 77.0 Å². The van der Waals surface area contributed by atoms with E-state index < -0.39 is 5.97 Å². The van der Waals surface area contributed by atoms with Gasteiger partial charge in [-0.05, 0) is 44.3 Å². The smallest absolute Gasteiger partial charge is 0.0782 e. The maximum absolute atomic E-state index is 10.4. The molecule has 0 aromatic heterocycles. The Bertz CT molecular complexity index is 270. The van der Waals surface area contributed by atoms with Crippen molar-refractivity contribution >= 4 is 18.6 Å². The number of hydrogen-bond donors (Lipinski definition) is 1. The van der Waals surface area contributed by atoms with E-state index in [9.17, 15) is 9.90 Å². The summed E-state index contributed by atoms with van der Waals surface area (Å²) >= 11 is 4.23. The maximum atomic E-state index is 10.4. The van der Waals surface area contributed by atoms with E-state index >= 15 is 0 Å². The molecule has 132 valence electrons. The van der Waals surface area contributed by atoms with Gasteiger partial charge < -0.3 is 14.4 Å². The monoisotopic (exact) mass is 331 g/mol. The van der Waals surface area contributed by atoms with Crippen molar-refractivity contribution in [2.45, 2.75) is 77.0 Å². The minimum absolute atomic E-state index is 0.202. The molecule has 0 aromatic carbocycles. The van der Waals surface area contributed by atoms with Crippen LogP contribution in [0.2, 0.25) is 0 Å². The van der Waals surface area contributed by atoms with Gasteiger partial charge in [-0.2, -0.15) is 12.6 Å². The number of carboxylic acids is 1. The first-order chi connectivity index (χ1) is 10.5. The second-order valence-corrected chi connectivity index (χ2v) is 7.56. The molecular formula is C18H37NO2S. The van der Waals surface area contributed by atoms with Crippen LogP contribution in [0.25, 0.3) is 0 Å². The molecule has 0 radical (unpaired) electrons. The van der Waals surface area contributed by atoms with Crippen LogP contribution in [-0.2, 0) is 4.79 Å². The number of quaternary nitrogens is 1. The van der Waals surface area contributed by atoms with Gasteiger partial charge in [0.1, 0.15) is 0 Å². The molecule has 0 aliphatic rings. The Morgan fingerprint density at radius 3 is 1.64 bits per heavy atom. The molecule has 0 atom stereocenters. The molecule has 0 aliphatic carbocycles. The van der Waals surface area contributed by atoms with Gasteiger partial charge in [0.05, 0.1) is 27.2 Å². The second-order valence-electron chi connectivity index (χ2n) is 7.12. The fourth-order valence-corrected chi connectivity index (χ4v) is 3.03. The van der Waals surface area contributed by atoms with Gasteiger partial charge in [-0.3, -0.25) is 0 Å². The standard InChI is InChI=1S/C18H37NO2S/c1-19(2,16-12-10-14-18(20)21)15-11-8-6-4-3-5-7-9-13-17-22/h3-17H2,1-2H3,(H-,20,21,22). The Hall–Kier alpha value is -0.220. The highest BCUT2D eigenvalue weighted by atomic mass is 32.1. The van der Waals surface area contributed by atoms with E-state index in [1.54, 1.807) is 0 Å². The normalized spacial score (nSPS) is 11.8. The molecule has 0 fully saturated rings. The van der Waals surface area contributed by atoms with Crippen LogP contribution in [0.15, 0.2) is 0 Å². The molecule has 0 aliphatic heterocycles. The summed E-state index contributed by atoms with van der Waals surface area (Å²) in [6.07, 6.45) is 14.0. The third-order valence-electron chi connectivity index (χ3n) is 4.32. The molecule has 0 heterocycles. The molecule has 22 heavy (non-hydrogen) atoms. The first kappa shape index (κ1) is 21.8. The predicted octanol–water partition coefficient (Wildman–Crippen LogP) is 3.42. The number of hydrogen-bond acceptors (Lipinski definition) is 3. The zero-order chi connectivity index (χ0) is 16.7. The van der Waals surface area contributed by atoms with Crippen molar-refractivity contribution in [3.63, 3.8) is 0 Å². The Morgan fingerprint density at radius 1 is 0.773 bits per heavy atom. The summed E-state index contributed by atoms with van der Waals surface area (Å²) in [4.78, 5) is 10.4. The summed E-state index contributed by atoms with van der Waals surface area (Å²) in [6.45, 7) is 2.27. The number of nitrogens with zero attached hydrogens (tertiary/aromatic N) is 1. The predicted molar refractivity (Wildman–Crippen MR) is 96.1 cm³/mol. The van der Waals surface area contributed by atoms with Crippen LogP contribution in [0.4, 0.5) is 0 Å². The van der Waals surface area contributed by atoms with Crippen LogP contribution in [0.3, 0.4) is 0 Å². The fraction of sp³-hybridized carbons (Fsp3) is 0.944. The van der Waals surface area contributed by atoms with E-state index in [1.807, 2.05) is 0 Å². The molecule has 4 heteroatoms. The van der Waals surface area contributed by atoms with Crippen molar-refractivity contribution in [2.75, 3.05) is 32.9 Å². The summed E-state index contributed by atoms with van der Waals surface area (Å²) < 4.78 is 1.01. The summed E-state index contributed by atoms with van der Waals surface area (Å²) in [5.74, 6) is 0.109. The molecule has 0 spiro atoms. The van der Waals surface area contributed by atoms with Gasteiger partial charge in [-0.1, -0.05) is 38.5 Å². The lowest BCUT2D eigenvalue weighted by molar-refractivity contribution is -0.890. The van der Waals surface area contributed by atoms with Crippen molar-refractivity contribution in [3.8, 4) is 0 Å². The largest absolute Gasteiger partial charge is 0.550 e. The third kappa shape index (κ3) is 16.2. The lowest BCUT2D eigenvalue weighted by Gasteiger charge is -2.30. The van der Waals surface area contributed by atoms with Crippen molar-refractivity contribution < 1.29 is 14.4 Å². The van der Waals surface area contributed by atoms with Gasteiger partial charge in [0.15, 0.2) is 0 Å². The lowest BCUT2D eigenvalue weighted by atomic mass is 10.1. The minimum Gasteiger partial charge on any atom is -0.550 e. The molecular weight excluding hydrogens is 294 g/mol. The minimum atomic E-state index is -0.920. The SMILES string of the molecule is C[N+](C)(CCCCCCCCCCCS)CCCCC(=O)[O-]. The van der Waals surface area contributed by atoms with Crippen molar-refractivity contribution in [3.05, 3.63) is 0 Å². The van der Waals surface area contributed by atoms with Crippen LogP contribution < -0.4 is 5.11 Å². The highest BCUT2D eigenvalue weighted by Crippen LogP contribution is 2.12. The highest BCUT2D eigenvalue weighted by Gasteiger charge is 2.13. The summed E-state index contributed by atoms with van der Waals surface area (Å²) in [5, 5.41) is 10.4. The summed E-state index contributed by atoms with van der Waals surface area (Å²) in [5.41, 5.74) is 0. The number of carbonyl (C=O) groups is 1. The van der Waals surface area contributed by atoms with E-state index in [0.717, 1.165) is 29.6 Å². The topological polar surface area (TPSA) is 40.1 Å². The lowest BCUT2D eigenvalue weighted by Crippen LogP contribution is -2.41. The molecule has 0 bridgehead atoms. The van der Waals surface area contributed by atoms with Gasteiger partial charge in [-0.25, -0.2) is 0 Å². The Morgan fingerprint density at radius 2 is 1.18 bits per heavy atom. The number of aliphatic carboxylic acids is 1. The average molecular weight is 332 g/mol. The summed E-state index contributed by atoms with van der Waals surface area (Å²) in [6, 6.07) is 0. The number of rotatable bonds is 16. The van der Waals surface area contributed by atoms with Crippen LogP contribution >= 0.6 is 12.6 Å². The Labute approximate surface area is 143 Å². The zero-order valence-corrected chi connectivity index (χ0v) is 15.7. The molecule has 3 nitrogen and oxygen atoms in total. The van der Waals surface area contributed by atoms with Crippen LogP contribution in [-0.4, -0.2) is 43.4 Å². The number of unbranched alkanes of at least 4 members (excludes halogenated alkanes) is 9. The molecule has 0 N–H and O–H groups in total. The molecule has 0 amide bonds. The maximum Gasteiger partial charge on any atom is 0.0782 e. The van der Waals surface area contributed by atoms with Gasteiger partial charge in [0.25, 0.3) is 0 Å². The van der Waals surface area contributed by atoms with Crippen molar-refractivity contribution in [1.82, 2.24) is 0 Å². The zero-order valence-electron chi connectivity index (χ0n) is 14.8. The van der Waals surface area contributed by atoms with Gasteiger partial charge in [0, 0.05) is 5.97 Å². The molecule has 0 rings (SSSR count). The van der Waals surface area contributed by atoms with E-state index in [1.165, 1.54) is 64.3 Å². The van der Waals surface area contributed by atoms with Gasteiger partial charge in [0.2, 0.25) is 0 Å². The van der Waals surface area contributed by atoms with E-state index in [0.29, 0.717) is 0 Å². The quantitative estimate of drug-likeness (QED) is 0.267. The molecule has 0 aromatic rings. The Kier molecular flexibility index (Phi) is 14.2. The fourth-order valence-electron chi connectivity index (χ4n) is 2.81. The first-order valence-corrected chi connectivity index (χ1v) is 9.74. The number of carbonyl (C=O) groups excluding carboxylic acids is 1.